The third-order valence-corrected chi connectivity index (χ3v) is 2.41. The third kappa shape index (κ3) is 2.02. The van der Waals surface area contributed by atoms with Crippen molar-refractivity contribution < 1.29 is 4.52 Å². The molecule has 0 fully saturated rings. The molecule has 13 heavy (non-hydrogen) atoms. The second-order valence-electron chi connectivity index (χ2n) is 3.47. The first kappa shape index (κ1) is 10.1. The van der Waals surface area contributed by atoms with Gasteiger partial charge in [-0.05, 0) is 12.8 Å². The molecule has 0 radical (unpaired) electrons. The molecule has 0 aliphatic rings. The van der Waals surface area contributed by atoms with Gasteiger partial charge in [0.15, 0.2) is 5.82 Å². The topological polar surface area (TPSA) is 52.0 Å². The van der Waals surface area contributed by atoms with Crippen LogP contribution in [0.15, 0.2) is 4.52 Å². The third-order valence-electron chi connectivity index (χ3n) is 2.41. The summed E-state index contributed by atoms with van der Waals surface area (Å²) in [6.07, 6.45) is 3.11. The predicted molar refractivity (Wildman–Crippen MR) is 53.6 cm³/mol. The Bertz CT molecular complexity index is 268. The lowest BCUT2D eigenvalue weighted by Crippen LogP contribution is -1.97. The van der Waals surface area contributed by atoms with Crippen molar-refractivity contribution in [2.45, 2.75) is 46.0 Å². The summed E-state index contributed by atoms with van der Waals surface area (Å²) >= 11 is 0. The highest BCUT2D eigenvalue weighted by molar-refractivity contribution is 5.41. The first-order valence-electron chi connectivity index (χ1n) is 4.94. The number of nitrogen functional groups attached to an aromatic ring is 1. The number of rotatable bonds is 4. The number of nitrogens with zero attached hydrogens (tertiary/aromatic N) is 1. The van der Waals surface area contributed by atoms with E-state index in [1.54, 1.807) is 0 Å². The van der Waals surface area contributed by atoms with Crippen molar-refractivity contribution >= 4 is 5.82 Å². The zero-order valence-corrected chi connectivity index (χ0v) is 8.63. The standard InChI is InChI=1S/C10H18N2O/c1-4-6-8-9(7(3)5-2)13-12-10(8)11/h7H,4-6H2,1-3H3,(H2,11,12). The molecule has 0 saturated carbocycles. The van der Waals surface area contributed by atoms with E-state index in [4.69, 9.17) is 10.3 Å². The predicted octanol–water partition coefficient (Wildman–Crippen LogP) is 2.72. The van der Waals surface area contributed by atoms with E-state index in [1.807, 2.05) is 0 Å². The number of hydrogen-bond acceptors (Lipinski definition) is 3. The van der Waals surface area contributed by atoms with E-state index in [-0.39, 0.29) is 0 Å². The Balaban J connectivity index is 2.92. The number of hydrogen-bond donors (Lipinski definition) is 1. The SMILES string of the molecule is CCCc1c(N)noc1C(C)CC. The van der Waals surface area contributed by atoms with Crippen LogP contribution in [0.3, 0.4) is 0 Å². The first-order valence-corrected chi connectivity index (χ1v) is 4.94. The zero-order valence-electron chi connectivity index (χ0n) is 8.63. The molecule has 3 nitrogen and oxygen atoms in total. The van der Waals surface area contributed by atoms with Crippen molar-refractivity contribution in [3.63, 3.8) is 0 Å². The van der Waals surface area contributed by atoms with Crippen LogP contribution in [0, 0.1) is 0 Å². The second kappa shape index (κ2) is 4.30. The lowest BCUT2D eigenvalue weighted by atomic mass is 9.99. The summed E-state index contributed by atoms with van der Waals surface area (Å²) in [6.45, 7) is 6.41. The van der Waals surface area contributed by atoms with Crippen LogP contribution in [0.2, 0.25) is 0 Å². The molecule has 2 N–H and O–H groups in total. The molecule has 0 amide bonds. The minimum Gasteiger partial charge on any atom is -0.381 e. The van der Waals surface area contributed by atoms with Crippen LogP contribution >= 0.6 is 0 Å². The number of aromatic nitrogens is 1. The highest BCUT2D eigenvalue weighted by atomic mass is 16.5. The second-order valence-corrected chi connectivity index (χ2v) is 3.47. The fraction of sp³-hybridized carbons (Fsp3) is 0.700. The molecule has 0 spiro atoms. The van der Waals surface area contributed by atoms with Crippen LogP contribution in [0.4, 0.5) is 5.82 Å². The van der Waals surface area contributed by atoms with Gasteiger partial charge in [0, 0.05) is 11.5 Å². The summed E-state index contributed by atoms with van der Waals surface area (Å²) in [6, 6.07) is 0. The maximum Gasteiger partial charge on any atom is 0.170 e. The summed E-state index contributed by atoms with van der Waals surface area (Å²) in [5, 5.41) is 3.81. The van der Waals surface area contributed by atoms with Gasteiger partial charge < -0.3 is 10.3 Å². The molecule has 1 atom stereocenters. The van der Waals surface area contributed by atoms with Crippen LogP contribution in [0.1, 0.15) is 50.9 Å². The fourth-order valence-corrected chi connectivity index (χ4v) is 1.41. The fourth-order valence-electron chi connectivity index (χ4n) is 1.41. The van der Waals surface area contributed by atoms with Gasteiger partial charge in [0.05, 0.1) is 0 Å². The molecule has 0 bridgehead atoms. The maximum atomic E-state index is 5.72. The van der Waals surface area contributed by atoms with Gasteiger partial charge in [0.1, 0.15) is 5.76 Å². The lowest BCUT2D eigenvalue weighted by molar-refractivity contribution is 0.363. The van der Waals surface area contributed by atoms with Gasteiger partial charge in [-0.25, -0.2) is 0 Å². The van der Waals surface area contributed by atoms with Crippen molar-refractivity contribution in [2.24, 2.45) is 0 Å². The van der Waals surface area contributed by atoms with Gasteiger partial charge in [0.25, 0.3) is 0 Å². The molecule has 1 rings (SSSR count). The molecule has 74 valence electrons. The van der Waals surface area contributed by atoms with E-state index in [0.29, 0.717) is 11.7 Å². The molecule has 0 aromatic carbocycles. The Labute approximate surface area is 79.3 Å². The highest BCUT2D eigenvalue weighted by Crippen LogP contribution is 2.27. The van der Waals surface area contributed by atoms with Crippen molar-refractivity contribution in [2.75, 3.05) is 5.73 Å². The van der Waals surface area contributed by atoms with E-state index in [1.165, 1.54) is 0 Å². The van der Waals surface area contributed by atoms with Crippen molar-refractivity contribution in [3.8, 4) is 0 Å². The van der Waals surface area contributed by atoms with E-state index < -0.39 is 0 Å². The molecule has 1 aromatic heterocycles. The minimum absolute atomic E-state index is 0.423. The average Bonchev–Trinajstić information content (AvgIpc) is 2.48. The van der Waals surface area contributed by atoms with Crippen molar-refractivity contribution in [3.05, 3.63) is 11.3 Å². The van der Waals surface area contributed by atoms with Crippen molar-refractivity contribution in [1.29, 1.82) is 0 Å². The Kier molecular flexibility index (Phi) is 3.34. The average molecular weight is 182 g/mol. The smallest absolute Gasteiger partial charge is 0.170 e. The van der Waals surface area contributed by atoms with Crippen molar-refractivity contribution in [1.82, 2.24) is 5.16 Å². The minimum atomic E-state index is 0.423. The van der Waals surface area contributed by atoms with E-state index >= 15 is 0 Å². The molecular weight excluding hydrogens is 164 g/mol. The Morgan fingerprint density at radius 3 is 2.69 bits per heavy atom. The molecule has 3 heteroatoms. The first-order chi connectivity index (χ1) is 6.20. The molecule has 1 aromatic rings. The van der Waals surface area contributed by atoms with E-state index in [9.17, 15) is 0 Å². The molecular formula is C10H18N2O. The molecule has 1 unspecified atom stereocenters. The summed E-state index contributed by atoms with van der Waals surface area (Å²) in [7, 11) is 0. The van der Waals surface area contributed by atoms with Crippen LogP contribution < -0.4 is 5.73 Å². The van der Waals surface area contributed by atoms with E-state index in [2.05, 4.69) is 25.9 Å². The van der Waals surface area contributed by atoms with Gasteiger partial charge >= 0.3 is 0 Å². The van der Waals surface area contributed by atoms with Gasteiger partial charge in [0.2, 0.25) is 0 Å². The quantitative estimate of drug-likeness (QED) is 0.778. The Morgan fingerprint density at radius 2 is 2.15 bits per heavy atom. The van der Waals surface area contributed by atoms with Crippen LogP contribution in [0.5, 0.6) is 0 Å². The summed E-state index contributed by atoms with van der Waals surface area (Å²) < 4.78 is 5.23. The van der Waals surface area contributed by atoms with E-state index in [0.717, 1.165) is 30.6 Å². The Hall–Kier alpha value is -0.990. The van der Waals surface area contributed by atoms with Crippen LogP contribution in [0.25, 0.3) is 0 Å². The summed E-state index contributed by atoms with van der Waals surface area (Å²) in [5.41, 5.74) is 6.82. The lowest BCUT2D eigenvalue weighted by Gasteiger charge is -2.05. The maximum absolute atomic E-state index is 5.72. The monoisotopic (exact) mass is 182 g/mol. The largest absolute Gasteiger partial charge is 0.381 e. The molecule has 0 aliphatic carbocycles. The molecule has 1 heterocycles. The van der Waals surface area contributed by atoms with Crippen LogP contribution in [-0.2, 0) is 6.42 Å². The normalized spacial score (nSPS) is 13.2. The van der Waals surface area contributed by atoms with Gasteiger partial charge in [-0.15, -0.1) is 0 Å². The van der Waals surface area contributed by atoms with Gasteiger partial charge in [-0.2, -0.15) is 0 Å². The zero-order chi connectivity index (χ0) is 9.84. The number of nitrogens with two attached hydrogens (primary N) is 1. The summed E-state index contributed by atoms with van der Waals surface area (Å²) in [5.74, 6) is 1.96. The van der Waals surface area contributed by atoms with Gasteiger partial charge in [-0.1, -0.05) is 32.3 Å². The molecule has 0 saturated heterocycles. The van der Waals surface area contributed by atoms with Gasteiger partial charge in [-0.3, -0.25) is 0 Å². The van der Waals surface area contributed by atoms with Crippen LogP contribution in [-0.4, -0.2) is 5.16 Å². The number of anilines is 1. The Morgan fingerprint density at radius 1 is 1.46 bits per heavy atom. The highest BCUT2D eigenvalue weighted by Gasteiger charge is 2.17. The molecule has 0 aliphatic heterocycles. The summed E-state index contributed by atoms with van der Waals surface area (Å²) in [4.78, 5) is 0.